The lowest BCUT2D eigenvalue weighted by molar-refractivity contribution is -0.137. The van der Waals surface area contributed by atoms with E-state index < -0.39 is 11.7 Å². The molecule has 0 aliphatic heterocycles. The van der Waals surface area contributed by atoms with Gasteiger partial charge in [-0.1, -0.05) is 12.1 Å². The number of carbonyl (C=O) groups excluding carboxylic acids is 2. The van der Waals surface area contributed by atoms with Crippen LogP contribution in [-0.4, -0.2) is 29.9 Å². The topological polar surface area (TPSA) is 80.3 Å². The molecule has 3 rings (SSSR count). The third-order valence-corrected chi connectivity index (χ3v) is 5.17. The van der Waals surface area contributed by atoms with Crippen LogP contribution in [0, 0.1) is 0 Å². The molecule has 1 heterocycles. The first-order valence-corrected chi connectivity index (χ1v) is 10.5. The van der Waals surface area contributed by atoms with Gasteiger partial charge < -0.3 is 15.4 Å². The van der Waals surface area contributed by atoms with Gasteiger partial charge in [-0.25, -0.2) is 4.98 Å². The Morgan fingerprint density at radius 1 is 1.03 bits per heavy atom. The number of likely N-dealkylation sites (N-methyl/N-ethyl adjacent to an activating group) is 1. The second-order valence-electron chi connectivity index (χ2n) is 6.71. The lowest BCUT2D eigenvalue weighted by atomic mass is 10.1. The van der Waals surface area contributed by atoms with E-state index in [4.69, 9.17) is 4.74 Å². The van der Waals surface area contributed by atoms with Crippen molar-refractivity contribution >= 4 is 28.8 Å². The number of halogens is 3. The fraction of sp³-hybridized carbons (Fsp3) is 0.227. The van der Waals surface area contributed by atoms with Crippen LogP contribution in [0.1, 0.15) is 18.2 Å². The predicted molar refractivity (Wildman–Crippen MR) is 116 cm³/mol. The highest BCUT2D eigenvalue weighted by atomic mass is 32.1. The molecule has 0 aliphatic rings. The average molecular weight is 463 g/mol. The zero-order chi connectivity index (χ0) is 23.1. The Balaban J connectivity index is 1.53. The van der Waals surface area contributed by atoms with Crippen molar-refractivity contribution in [3.8, 4) is 16.3 Å². The molecule has 0 atom stereocenters. The molecule has 6 nitrogen and oxygen atoms in total. The van der Waals surface area contributed by atoms with Crippen LogP contribution in [0.2, 0.25) is 0 Å². The Kier molecular flexibility index (Phi) is 7.47. The second kappa shape index (κ2) is 10.3. The number of benzene rings is 2. The number of nitrogens with one attached hydrogen (secondary N) is 2. The third-order valence-electron chi connectivity index (χ3n) is 4.23. The highest BCUT2D eigenvalue weighted by molar-refractivity contribution is 7.13. The van der Waals surface area contributed by atoms with Gasteiger partial charge in [-0.15, -0.1) is 11.3 Å². The van der Waals surface area contributed by atoms with Gasteiger partial charge in [-0.3, -0.25) is 9.59 Å². The van der Waals surface area contributed by atoms with Crippen LogP contribution in [-0.2, 0) is 22.2 Å². The number of thiazole rings is 1. The van der Waals surface area contributed by atoms with Crippen LogP contribution in [0.3, 0.4) is 0 Å². The highest BCUT2D eigenvalue weighted by Gasteiger charge is 2.30. The minimum absolute atomic E-state index is 0.0204. The fourth-order valence-electron chi connectivity index (χ4n) is 2.72. The number of nitrogens with zero attached hydrogens (tertiary/aromatic N) is 1. The lowest BCUT2D eigenvalue weighted by Crippen LogP contribution is -2.28. The van der Waals surface area contributed by atoms with Crippen LogP contribution in [0.25, 0.3) is 10.6 Å². The number of anilines is 1. The van der Waals surface area contributed by atoms with Gasteiger partial charge in [-0.2, -0.15) is 13.2 Å². The Hall–Kier alpha value is -3.40. The van der Waals surface area contributed by atoms with E-state index in [1.807, 2.05) is 6.92 Å². The maximum absolute atomic E-state index is 12.7. The molecule has 0 saturated carbocycles. The van der Waals surface area contributed by atoms with E-state index in [2.05, 4.69) is 15.6 Å². The third kappa shape index (κ3) is 6.55. The number of hydrogen-bond donors (Lipinski definition) is 2. The van der Waals surface area contributed by atoms with Gasteiger partial charge in [0, 0.05) is 23.2 Å². The van der Waals surface area contributed by atoms with Crippen LogP contribution < -0.4 is 15.4 Å². The van der Waals surface area contributed by atoms with E-state index in [-0.39, 0.29) is 24.8 Å². The molecule has 32 heavy (non-hydrogen) atoms. The SMILES string of the molecule is CCNC(=O)COc1ccc(NC(=O)Cc2csc(-c3ccc(C(F)(F)F)cc3)n2)cc1. The monoisotopic (exact) mass is 463 g/mol. The highest BCUT2D eigenvalue weighted by Crippen LogP contribution is 2.31. The molecule has 0 unspecified atom stereocenters. The number of amides is 2. The van der Waals surface area contributed by atoms with E-state index in [1.54, 1.807) is 29.6 Å². The average Bonchev–Trinajstić information content (AvgIpc) is 3.21. The van der Waals surface area contributed by atoms with E-state index in [1.165, 1.54) is 23.5 Å². The summed E-state index contributed by atoms with van der Waals surface area (Å²) in [4.78, 5) is 28.0. The molecule has 1 aromatic heterocycles. The van der Waals surface area contributed by atoms with E-state index in [0.29, 0.717) is 34.2 Å². The van der Waals surface area contributed by atoms with E-state index >= 15 is 0 Å². The van der Waals surface area contributed by atoms with Crippen molar-refractivity contribution in [3.05, 3.63) is 65.2 Å². The van der Waals surface area contributed by atoms with Crippen molar-refractivity contribution < 1.29 is 27.5 Å². The molecule has 0 saturated heterocycles. The molecule has 2 N–H and O–H groups in total. The Labute approximate surface area is 186 Å². The Morgan fingerprint density at radius 3 is 2.34 bits per heavy atom. The normalized spacial score (nSPS) is 11.1. The maximum atomic E-state index is 12.7. The van der Waals surface area contributed by atoms with E-state index in [0.717, 1.165) is 12.1 Å². The summed E-state index contributed by atoms with van der Waals surface area (Å²) in [5.74, 6) is -0.0102. The molecular weight excluding hydrogens is 443 g/mol. The van der Waals surface area contributed by atoms with Crippen LogP contribution in [0.4, 0.5) is 18.9 Å². The number of carbonyl (C=O) groups is 2. The van der Waals surface area contributed by atoms with Gasteiger partial charge in [0.15, 0.2) is 6.61 Å². The summed E-state index contributed by atoms with van der Waals surface area (Å²) in [5, 5.41) is 7.60. The van der Waals surface area contributed by atoms with Crippen LogP contribution in [0.15, 0.2) is 53.9 Å². The fourth-order valence-corrected chi connectivity index (χ4v) is 3.55. The predicted octanol–water partition coefficient (Wildman–Crippen LogP) is 4.53. The zero-order valence-corrected chi connectivity index (χ0v) is 17.8. The van der Waals surface area contributed by atoms with Gasteiger partial charge >= 0.3 is 6.18 Å². The summed E-state index contributed by atoms with van der Waals surface area (Å²) in [6, 6.07) is 11.3. The summed E-state index contributed by atoms with van der Waals surface area (Å²) in [7, 11) is 0. The van der Waals surface area contributed by atoms with Gasteiger partial charge in [-0.05, 0) is 43.3 Å². The summed E-state index contributed by atoms with van der Waals surface area (Å²) >= 11 is 1.26. The first-order valence-electron chi connectivity index (χ1n) is 9.66. The number of rotatable bonds is 8. The smallest absolute Gasteiger partial charge is 0.416 e. The van der Waals surface area contributed by atoms with Crippen molar-refractivity contribution in [3.63, 3.8) is 0 Å². The van der Waals surface area contributed by atoms with Gasteiger partial charge in [0.1, 0.15) is 10.8 Å². The van der Waals surface area contributed by atoms with Crippen LogP contribution in [0.5, 0.6) is 5.75 Å². The Bertz CT molecular complexity index is 1060. The molecule has 0 radical (unpaired) electrons. The molecule has 0 fully saturated rings. The van der Waals surface area contributed by atoms with E-state index in [9.17, 15) is 22.8 Å². The van der Waals surface area contributed by atoms with Gasteiger partial charge in [0.05, 0.1) is 17.7 Å². The lowest BCUT2D eigenvalue weighted by Gasteiger charge is -2.08. The minimum Gasteiger partial charge on any atom is -0.484 e. The van der Waals surface area contributed by atoms with Crippen molar-refractivity contribution in [1.29, 1.82) is 0 Å². The van der Waals surface area contributed by atoms with Crippen molar-refractivity contribution in [1.82, 2.24) is 10.3 Å². The quantitative estimate of drug-likeness (QED) is 0.515. The molecule has 0 spiro atoms. The zero-order valence-electron chi connectivity index (χ0n) is 17.0. The summed E-state index contributed by atoms with van der Waals surface area (Å²) in [6.07, 6.45) is -4.37. The Morgan fingerprint density at radius 2 is 1.72 bits per heavy atom. The minimum atomic E-state index is -4.39. The molecule has 2 amide bonds. The number of aromatic nitrogens is 1. The summed E-state index contributed by atoms with van der Waals surface area (Å²) in [6.45, 7) is 2.25. The van der Waals surface area contributed by atoms with Crippen molar-refractivity contribution in [2.24, 2.45) is 0 Å². The number of hydrogen-bond acceptors (Lipinski definition) is 5. The summed E-state index contributed by atoms with van der Waals surface area (Å²) in [5.41, 5.74) is 0.902. The molecule has 10 heteroatoms. The van der Waals surface area contributed by atoms with Crippen molar-refractivity contribution in [2.45, 2.75) is 19.5 Å². The molecule has 0 aliphatic carbocycles. The first-order chi connectivity index (χ1) is 15.2. The summed E-state index contributed by atoms with van der Waals surface area (Å²) < 4.78 is 43.4. The molecule has 168 valence electrons. The maximum Gasteiger partial charge on any atom is 0.416 e. The molecule has 3 aromatic rings. The second-order valence-corrected chi connectivity index (χ2v) is 7.57. The molecule has 2 aromatic carbocycles. The standard InChI is InChI=1S/C22H20F3N3O3S/c1-2-26-20(30)12-31-18-9-7-16(8-10-18)27-19(29)11-17-13-32-21(28-17)14-3-5-15(6-4-14)22(23,24)25/h3-10,13H,2,11-12H2,1H3,(H,26,30)(H,27,29). The molecular formula is C22H20F3N3O3S. The van der Waals surface area contributed by atoms with Crippen molar-refractivity contribution in [2.75, 3.05) is 18.5 Å². The van der Waals surface area contributed by atoms with Gasteiger partial charge in [0.2, 0.25) is 5.91 Å². The largest absolute Gasteiger partial charge is 0.484 e. The van der Waals surface area contributed by atoms with Crippen LogP contribution >= 0.6 is 11.3 Å². The number of alkyl halides is 3. The number of ether oxygens (including phenoxy) is 1. The molecule has 0 bridgehead atoms. The van der Waals surface area contributed by atoms with Gasteiger partial charge in [0.25, 0.3) is 5.91 Å². The first kappa shape index (κ1) is 23.3.